The van der Waals surface area contributed by atoms with Crippen LogP contribution in [0.25, 0.3) is 5.78 Å². The summed E-state index contributed by atoms with van der Waals surface area (Å²) in [6, 6.07) is 9.63. The SMILES string of the molecule is Cc1cc(C)n2nc(SCc3ccccc3C(=O)NCCC(C)N)nc2n1. The molecule has 3 N–H and O–H groups in total. The molecule has 0 bridgehead atoms. The fourth-order valence-corrected chi connectivity index (χ4v) is 3.55. The molecule has 0 radical (unpaired) electrons. The maximum absolute atomic E-state index is 12.5. The highest BCUT2D eigenvalue weighted by Crippen LogP contribution is 2.22. The molecule has 7 nitrogen and oxygen atoms in total. The molecule has 1 unspecified atom stereocenters. The number of aryl methyl sites for hydroxylation is 2. The number of carbonyl (C=O) groups is 1. The lowest BCUT2D eigenvalue weighted by Gasteiger charge is -2.10. The number of amides is 1. The van der Waals surface area contributed by atoms with Crippen molar-refractivity contribution in [3.05, 3.63) is 52.8 Å². The molecule has 0 saturated carbocycles. The first-order valence-corrected chi connectivity index (χ1v) is 9.88. The normalized spacial score (nSPS) is 12.3. The first-order valence-electron chi connectivity index (χ1n) is 8.89. The monoisotopic (exact) mass is 384 g/mol. The molecule has 0 aliphatic rings. The van der Waals surface area contributed by atoms with Crippen LogP contribution in [0.3, 0.4) is 0 Å². The number of rotatable bonds is 7. The molecule has 2 heterocycles. The van der Waals surface area contributed by atoms with Crippen LogP contribution in [0.2, 0.25) is 0 Å². The first-order chi connectivity index (χ1) is 12.9. The van der Waals surface area contributed by atoms with Crippen molar-refractivity contribution in [3.63, 3.8) is 0 Å². The maximum atomic E-state index is 12.5. The number of fused-ring (bicyclic) bond motifs is 1. The number of nitrogens with one attached hydrogen (secondary N) is 1. The van der Waals surface area contributed by atoms with Gasteiger partial charge in [0.25, 0.3) is 11.7 Å². The Hall–Kier alpha value is -2.45. The van der Waals surface area contributed by atoms with E-state index in [0.717, 1.165) is 23.4 Å². The zero-order valence-corrected chi connectivity index (χ0v) is 16.6. The van der Waals surface area contributed by atoms with Crippen molar-refractivity contribution in [3.8, 4) is 0 Å². The molecule has 2 aromatic heterocycles. The van der Waals surface area contributed by atoms with Gasteiger partial charge in [0, 0.05) is 35.3 Å². The van der Waals surface area contributed by atoms with E-state index in [9.17, 15) is 4.79 Å². The summed E-state index contributed by atoms with van der Waals surface area (Å²) >= 11 is 1.49. The Balaban J connectivity index is 1.71. The van der Waals surface area contributed by atoms with Gasteiger partial charge in [-0.3, -0.25) is 4.79 Å². The fraction of sp³-hybridized carbons (Fsp3) is 0.368. The second-order valence-electron chi connectivity index (χ2n) is 6.61. The highest BCUT2D eigenvalue weighted by atomic mass is 32.2. The lowest BCUT2D eigenvalue weighted by atomic mass is 10.1. The van der Waals surface area contributed by atoms with Crippen LogP contribution in [0.15, 0.2) is 35.5 Å². The van der Waals surface area contributed by atoms with Crippen LogP contribution < -0.4 is 11.1 Å². The van der Waals surface area contributed by atoms with Gasteiger partial charge >= 0.3 is 0 Å². The summed E-state index contributed by atoms with van der Waals surface area (Å²) in [6.07, 6.45) is 0.750. The van der Waals surface area contributed by atoms with E-state index in [1.165, 1.54) is 11.8 Å². The first kappa shape index (κ1) is 19.3. The molecule has 1 amide bonds. The molecular formula is C19H24N6OS. The van der Waals surface area contributed by atoms with Crippen molar-refractivity contribution in [2.24, 2.45) is 5.73 Å². The Morgan fingerprint density at radius 2 is 2.07 bits per heavy atom. The molecule has 27 heavy (non-hydrogen) atoms. The van der Waals surface area contributed by atoms with Crippen LogP contribution in [0.1, 0.15) is 40.7 Å². The Kier molecular flexibility index (Phi) is 6.08. The van der Waals surface area contributed by atoms with Crippen LogP contribution in [0.4, 0.5) is 0 Å². The maximum Gasteiger partial charge on any atom is 0.253 e. The number of hydrogen-bond acceptors (Lipinski definition) is 6. The van der Waals surface area contributed by atoms with Crippen LogP contribution >= 0.6 is 11.8 Å². The summed E-state index contributed by atoms with van der Waals surface area (Å²) in [7, 11) is 0. The Morgan fingerprint density at radius 1 is 1.30 bits per heavy atom. The van der Waals surface area contributed by atoms with E-state index in [1.807, 2.05) is 51.1 Å². The van der Waals surface area contributed by atoms with E-state index in [4.69, 9.17) is 5.73 Å². The summed E-state index contributed by atoms with van der Waals surface area (Å²) < 4.78 is 1.74. The van der Waals surface area contributed by atoms with E-state index in [0.29, 0.717) is 28.8 Å². The summed E-state index contributed by atoms with van der Waals surface area (Å²) in [4.78, 5) is 21.4. The second kappa shape index (κ2) is 8.49. The fourth-order valence-electron chi connectivity index (χ4n) is 2.73. The average Bonchev–Trinajstić information content (AvgIpc) is 3.03. The summed E-state index contributed by atoms with van der Waals surface area (Å²) in [5.74, 6) is 1.12. The van der Waals surface area contributed by atoms with Gasteiger partial charge in [-0.05, 0) is 44.9 Å². The number of nitrogens with zero attached hydrogens (tertiary/aromatic N) is 4. The van der Waals surface area contributed by atoms with Crippen molar-refractivity contribution in [1.29, 1.82) is 0 Å². The molecule has 0 aliphatic carbocycles. The van der Waals surface area contributed by atoms with Gasteiger partial charge in [0.05, 0.1) is 0 Å². The predicted molar refractivity (Wildman–Crippen MR) is 107 cm³/mol. The van der Waals surface area contributed by atoms with E-state index < -0.39 is 0 Å². The Bertz CT molecular complexity index is 953. The van der Waals surface area contributed by atoms with Gasteiger partial charge in [0.15, 0.2) is 0 Å². The van der Waals surface area contributed by atoms with Crippen molar-refractivity contribution >= 4 is 23.4 Å². The third-order valence-electron chi connectivity index (χ3n) is 4.10. The van der Waals surface area contributed by atoms with E-state index in [-0.39, 0.29) is 11.9 Å². The minimum Gasteiger partial charge on any atom is -0.352 e. The molecule has 1 aromatic carbocycles. The van der Waals surface area contributed by atoms with Crippen LogP contribution in [-0.2, 0) is 5.75 Å². The largest absolute Gasteiger partial charge is 0.352 e. The van der Waals surface area contributed by atoms with Crippen LogP contribution in [0, 0.1) is 13.8 Å². The van der Waals surface area contributed by atoms with Gasteiger partial charge in [-0.25, -0.2) is 9.50 Å². The van der Waals surface area contributed by atoms with Gasteiger partial charge < -0.3 is 11.1 Å². The highest BCUT2D eigenvalue weighted by molar-refractivity contribution is 7.98. The minimum absolute atomic E-state index is 0.0675. The van der Waals surface area contributed by atoms with Gasteiger partial charge in [0.1, 0.15) is 0 Å². The number of nitrogens with two attached hydrogens (primary N) is 1. The highest BCUT2D eigenvalue weighted by Gasteiger charge is 2.13. The molecule has 0 spiro atoms. The molecule has 142 valence electrons. The molecule has 0 saturated heterocycles. The Labute approximate surface area is 162 Å². The van der Waals surface area contributed by atoms with Gasteiger partial charge in [-0.2, -0.15) is 4.98 Å². The lowest BCUT2D eigenvalue weighted by molar-refractivity contribution is 0.0952. The van der Waals surface area contributed by atoms with Crippen LogP contribution in [0.5, 0.6) is 0 Å². The van der Waals surface area contributed by atoms with Crippen molar-refractivity contribution in [1.82, 2.24) is 24.9 Å². The molecule has 0 aliphatic heterocycles. The third-order valence-corrected chi connectivity index (χ3v) is 4.99. The smallest absolute Gasteiger partial charge is 0.253 e. The van der Waals surface area contributed by atoms with E-state index in [2.05, 4.69) is 20.4 Å². The molecule has 3 rings (SSSR count). The zero-order valence-electron chi connectivity index (χ0n) is 15.8. The van der Waals surface area contributed by atoms with E-state index >= 15 is 0 Å². The molecule has 8 heteroatoms. The number of benzene rings is 1. The summed E-state index contributed by atoms with van der Waals surface area (Å²) in [5, 5.41) is 8.08. The Morgan fingerprint density at radius 3 is 2.85 bits per heavy atom. The number of aromatic nitrogens is 4. The number of carbonyl (C=O) groups excluding carboxylic acids is 1. The standard InChI is InChI=1S/C19H24N6OS/c1-12(20)8-9-21-17(26)16-7-5-4-6-15(16)11-27-19-23-18-22-13(2)10-14(3)25(18)24-19/h4-7,10,12H,8-9,11,20H2,1-3H3,(H,21,26). The minimum atomic E-state index is -0.0806. The van der Waals surface area contributed by atoms with Crippen molar-refractivity contribution < 1.29 is 4.79 Å². The van der Waals surface area contributed by atoms with Crippen molar-refractivity contribution in [2.45, 2.75) is 44.1 Å². The lowest BCUT2D eigenvalue weighted by Crippen LogP contribution is -2.29. The van der Waals surface area contributed by atoms with Gasteiger partial charge in [-0.15, -0.1) is 5.10 Å². The molecule has 1 atom stereocenters. The quantitative estimate of drug-likeness (QED) is 0.607. The number of hydrogen-bond donors (Lipinski definition) is 2. The predicted octanol–water partition coefficient (Wildman–Crippen LogP) is 2.50. The molecule has 0 fully saturated rings. The summed E-state index contributed by atoms with van der Waals surface area (Å²) in [6.45, 7) is 6.41. The van der Waals surface area contributed by atoms with Crippen molar-refractivity contribution in [2.75, 3.05) is 6.54 Å². The molecule has 3 aromatic rings. The topological polar surface area (TPSA) is 98.2 Å². The van der Waals surface area contributed by atoms with Crippen LogP contribution in [-0.4, -0.2) is 38.1 Å². The number of thioether (sulfide) groups is 1. The second-order valence-corrected chi connectivity index (χ2v) is 7.56. The summed E-state index contributed by atoms with van der Waals surface area (Å²) in [5.41, 5.74) is 9.26. The third kappa shape index (κ3) is 4.84. The zero-order chi connectivity index (χ0) is 19.4. The van der Waals surface area contributed by atoms with Gasteiger partial charge in [0.2, 0.25) is 5.16 Å². The van der Waals surface area contributed by atoms with Gasteiger partial charge in [-0.1, -0.05) is 30.0 Å². The molecular weight excluding hydrogens is 360 g/mol. The van der Waals surface area contributed by atoms with E-state index in [1.54, 1.807) is 4.52 Å². The average molecular weight is 385 g/mol.